The fourth-order valence-electron chi connectivity index (χ4n) is 3.34. The monoisotopic (exact) mass is 434 g/mol. The number of fused-ring (bicyclic) bond motifs is 1. The SMILES string of the molecule is O=C(NCc1cccc(C(F)(F)F)c1)c1n[nH]c2c1CN(C(=O)c1cccs1)CC2. The minimum atomic E-state index is -4.44. The van der Waals surface area contributed by atoms with E-state index < -0.39 is 17.6 Å². The highest BCUT2D eigenvalue weighted by Crippen LogP contribution is 2.29. The Morgan fingerprint density at radius 3 is 2.80 bits per heavy atom. The summed E-state index contributed by atoms with van der Waals surface area (Å²) in [5, 5.41) is 11.3. The van der Waals surface area contributed by atoms with Gasteiger partial charge in [0, 0.05) is 30.8 Å². The van der Waals surface area contributed by atoms with Gasteiger partial charge in [-0.1, -0.05) is 18.2 Å². The lowest BCUT2D eigenvalue weighted by molar-refractivity contribution is -0.137. The number of carbonyl (C=O) groups excluding carboxylic acids is 2. The summed E-state index contributed by atoms with van der Waals surface area (Å²) in [4.78, 5) is 27.5. The molecule has 30 heavy (non-hydrogen) atoms. The third kappa shape index (κ3) is 4.09. The third-order valence-corrected chi connectivity index (χ3v) is 5.73. The van der Waals surface area contributed by atoms with Crippen LogP contribution < -0.4 is 5.32 Å². The van der Waals surface area contributed by atoms with Crippen molar-refractivity contribution in [1.29, 1.82) is 0 Å². The largest absolute Gasteiger partial charge is 0.416 e. The second-order valence-corrected chi connectivity index (χ2v) is 7.81. The van der Waals surface area contributed by atoms with Crippen LogP contribution in [0.15, 0.2) is 41.8 Å². The van der Waals surface area contributed by atoms with Gasteiger partial charge < -0.3 is 10.2 Å². The predicted octanol–water partition coefficient (Wildman–Crippen LogP) is 3.62. The van der Waals surface area contributed by atoms with Crippen LogP contribution in [-0.4, -0.2) is 33.5 Å². The zero-order valence-electron chi connectivity index (χ0n) is 15.6. The van der Waals surface area contributed by atoms with E-state index in [0.29, 0.717) is 29.0 Å². The molecule has 6 nitrogen and oxygen atoms in total. The Morgan fingerprint density at radius 2 is 2.07 bits per heavy atom. The van der Waals surface area contributed by atoms with E-state index in [4.69, 9.17) is 0 Å². The van der Waals surface area contributed by atoms with Gasteiger partial charge in [0.2, 0.25) is 0 Å². The predicted molar refractivity (Wildman–Crippen MR) is 104 cm³/mol. The van der Waals surface area contributed by atoms with Crippen molar-refractivity contribution >= 4 is 23.2 Å². The van der Waals surface area contributed by atoms with Gasteiger partial charge in [-0.25, -0.2) is 0 Å². The number of benzene rings is 1. The zero-order valence-corrected chi connectivity index (χ0v) is 16.4. The first-order valence-corrected chi connectivity index (χ1v) is 10.0. The van der Waals surface area contributed by atoms with Gasteiger partial charge in [0.05, 0.1) is 17.0 Å². The minimum Gasteiger partial charge on any atom is -0.347 e. The molecule has 3 heterocycles. The van der Waals surface area contributed by atoms with Crippen molar-refractivity contribution in [2.24, 2.45) is 0 Å². The Labute approximate surface area is 173 Å². The third-order valence-electron chi connectivity index (χ3n) is 4.88. The normalized spacial score (nSPS) is 13.8. The number of hydrogen-bond acceptors (Lipinski definition) is 4. The summed E-state index contributed by atoms with van der Waals surface area (Å²) < 4.78 is 38.5. The van der Waals surface area contributed by atoms with Crippen LogP contribution in [0.25, 0.3) is 0 Å². The second kappa shape index (κ2) is 7.94. The molecule has 1 aromatic carbocycles. The first-order chi connectivity index (χ1) is 14.3. The Balaban J connectivity index is 1.46. The van der Waals surface area contributed by atoms with E-state index in [1.807, 2.05) is 5.38 Å². The maximum Gasteiger partial charge on any atom is 0.416 e. The van der Waals surface area contributed by atoms with Crippen LogP contribution in [0.2, 0.25) is 0 Å². The van der Waals surface area contributed by atoms with E-state index in [1.54, 1.807) is 17.0 Å². The molecule has 0 aliphatic carbocycles. The maximum absolute atomic E-state index is 12.8. The molecule has 1 aliphatic rings. The summed E-state index contributed by atoms with van der Waals surface area (Å²) in [6.07, 6.45) is -3.90. The molecule has 4 rings (SSSR count). The molecule has 0 saturated carbocycles. The molecule has 0 radical (unpaired) electrons. The molecular formula is C20H17F3N4O2S. The van der Waals surface area contributed by atoms with Crippen LogP contribution in [0.5, 0.6) is 0 Å². The number of rotatable bonds is 4. The molecular weight excluding hydrogens is 417 g/mol. The lowest BCUT2D eigenvalue weighted by atomic mass is 10.0. The van der Waals surface area contributed by atoms with Crippen LogP contribution >= 0.6 is 11.3 Å². The Bertz CT molecular complexity index is 1080. The van der Waals surface area contributed by atoms with Crippen molar-refractivity contribution in [2.75, 3.05) is 6.54 Å². The first-order valence-electron chi connectivity index (χ1n) is 9.16. The van der Waals surface area contributed by atoms with Gasteiger partial charge in [-0.15, -0.1) is 11.3 Å². The molecule has 0 spiro atoms. The molecule has 2 N–H and O–H groups in total. The average molecular weight is 434 g/mol. The van der Waals surface area contributed by atoms with E-state index in [2.05, 4.69) is 15.5 Å². The quantitative estimate of drug-likeness (QED) is 0.659. The maximum atomic E-state index is 12.8. The van der Waals surface area contributed by atoms with Gasteiger partial charge in [-0.3, -0.25) is 14.7 Å². The van der Waals surface area contributed by atoms with Crippen LogP contribution in [-0.2, 0) is 25.7 Å². The summed E-state index contributed by atoms with van der Waals surface area (Å²) in [5.41, 5.74) is 1.13. The first kappa shape index (κ1) is 20.1. The Kier molecular flexibility index (Phi) is 5.33. The van der Waals surface area contributed by atoms with Crippen LogP contribution in [0, 0.1) is 0 Å². The number of hydrogen-bond donors (Lipinski definition) is 2. The Hall–Kier alpha value is -3.14. The lowest BCUT2D eigenvalue weighted by Crippen LogP contribution is -2.36. The summed E-state index contributed by atoms with van der Waals surface area (Å²) in [7, 11) is 0. The molecule has 0 unspecified atom stereocenters. The summed E-state index contributed by atoms with van der Waals surface area (Å²) >= 11 is 1.35. The van der Waals surface area contributed by atoms with Crippen LogP contribution in [0.1, 0.15) is 42.5 Å². The molecule has 156 valence electrons. The molecule has 10 heteroatoms. The molecule has 0 bridgehead atoms. The number of H-pyrrole nitrogens is 1. The van der Waals surface area contributed by atoms with Crippen molar-refractivity contribution < 1.29 is 22.8 Å². The van der Waals surface area contributed by atoms with Crippen LogP contribution in [0.4, 0.5) is 13.2 Å². The Morgan fingerprint density at radius 1 is 1.23 bits per heavy atom. The summed E-state index contributed by atoms with van der Waals surface area (Å²) in [5.74, 6) is -0.609. The van der Waals surface area contributed by atoms with Gasteiger partial charge in [-0.2, -0.15) is 18.3 Å². The van der Waals surface area contributed by atoms with Crippen molar-refractivity contribution in [3.63, 3.8) is 0 Å². The highest BCUT2D eigenvalue weighted by molar-refractivity contribution is 7.12. The average Bonchev–Trinajstić information content (AvgIpc) is 3.40. The van der Waals surface area contributed by atoms with E-state index in [-0.39, 0.29) is 24.7 Å². The number of halogens is 3. The smallest absolute Gasteiger partial charge is 0.347 e. The van der Waals surface area contributed by atoms with Gasteiger partial charge >= 0.3 is 6.18 Å². The minimum absolute atomic E-state index is 0.0672. The van der Waals surface area contributed by atoms with Crippen molar-refractivity contribution in [1.82, 2.24) is 20.4 Å². The molecule has 3 aromatic rings. The number of aromatic amines is 1. The molecule has 2 aromatic heterocycles. The number of thiophene rings is 1. The number of nitrogens with one attached hydrogen (secondary N) is 2. The van der Waals surface area contributed by atoms with E-state index >= 15 is 0 Å². The fraction of sp³-hybridized carbons (Fsp3) is 0.250. The summed E-state index contributed by atoms with van der Waals surface area (Å²) in [6, 6.07) is 8.35. The van der Waals surface area contributed by atoms with Gasteiger partial charge in [-0.05, 0) is 29.1 Å². The van der Waals surface area contributed by atoms with Crippen molar-refractivity contribution in [3.8, 4) is 0 Å². The van der Waals surface area contributed by atoms with Gasteiger partial charge in [0.15, 0.2) is 5.69 Å². The summed E-state index contributed by atoms with van der Waals surface area (Å²) in [6.45, 7) is 0.689. The zero-order chi connectivity index (χ0) is 21.3. The molecule has 0 atom stereocenters. The number of aromatic nitrogens is 2. The highest BCUT2D eigenvalue weighted by Gasteiger charge is 2.31. The number of amides is 2. The van der Waals surface area contributed by atoms with E-state index in [0.717, 1.165) is 17.8 Å². The van der Waals surface area contributed by atoms with Gasteiger partial charge in [0.1, 0.15) is 0 Å². The van der Waals surface area contributed by atoms with E-state index in [9.17, 15) is 22.8 Å². The standard InChI is InChI=1S/C20H17F3N4O2S/c21-20(22,23)13-4-1-3-12(9-13)10-24-18(28)17-14-11-27(7-6-15(14)25-26-17)19(29)16-5-2-8-30-16/h1-5,8-9H,6-7,10-11H2,(H,24,28)(H,25,26). The van der Waals surface area contributed by atoms with Crippen molar-refractivity contribution in [2.45, 2.75) is 25.7 Å². The van der Waals surface area contributed by atoms with E-state index in [1.165, 1.54) is 23.5 Å². The number of nitrogens with zero attached hydrogens (tertiary/aromatic N) is 2. The fourth-order valence-corrected chi connectivity index (χ4v) is 4.03. The number of alkyl halides is 3. The molecule has 0 saturated heterocycles. The van der Waals surface area contributed by atoms with Crippen molar-refractivity contribution in [3.05, 3.63) is 74.7 Å². The highest BCUT2D eigenvalue weighted by atomic mass is 32.1. The molecule has 0 fully saturated rings. The topological polar surface area (TPSA) is 78.1 Å². The van der Waals surface area contributed by atoms with Gasteiger partial charge in [0.25, 0.3) is 11.8 Å². The number of carbonyl (C=O) groups is 2. The molecule has 2 amide bonds. The second-order valence-electron chi connectivity index (χ2n) is 6.86. The molecule has 1 aliphatic heterocycles. The van der Waals surface area contributed by atoms with Crippen LogP contribution in [0.3, 0.4) is 0 Å². The lowest BCUT2D eigenvalue weighted by Gasteiger charge is -2.26.